The van der Waals surface area contributed by atoms with Crippen molar-refractivity contribution in [2.75, 3.05) is 13.2 Å². The normalized spacial score (nSPS) is 14.6. The molecule has 1 aromatic rings. The predicted octanol–water partition coefficient (Wildman–Crippen LogP) is 3.47. The Morgan fingerprint density at radius 3 is 2.21 bits per heavy atom. The molecule has 1 atom stereocenters. The Kier molecular flexibility index (Phi) is 7.19. The van der Waals surface area contributed by atoms with Crippen LogP contribution >= 0.6 is 0 Å². The molecule has 0 fully saturated rings. The lowest BCUT2D eigenvalue weighted by Crippen LogP contribution is -2.41. The molecule has 0 radical (unpaired) electrons. The largest absolute Gasteiger partial charge is 0.417 e. The van der Waals surface area contributed by atoms with Gasteiger partial charge in [0.25, 0.3) is 10.1 Å². The van der Waals surface area contributed by atoms with E-state index in [9.17, 15) is 13.5 Å². The summed E-state index contributed by atoms with van der Waals surface area (Å²) in [6.45, 7) is 12.7. The van der Waals surface area contributed by atoms with Crippen LogP contribution in [-0.2, 0) is 18.7 Å². The van der Waals surface area contributed by atoms with Gasteiger partial charge in [-0.2, -0.15) is 8.42 Å². The van der Waals surface area contributed by atoms with Gasteiger partial charge in [0.05, 0.1) is 17.6 Å². The highest BCUT2D eigenvalue weighted by Gasteiger charge is 2.37. The van der Waals surface area contributed by atoms with Crippen molar-refractivity contribution in [3.8, 4) is 0 Å². The molecular weight excluding hydrogens is 344 g/mol. The molecule has 24 heavy (non-hydrogen) atoms. The molecule has 0 aliphatic carbocycles. The van der Waals surface area contributed by atoms with E-state index in [-0.39, 0.29) is 16.5 Å². The van der Waals surface area contributed by atoms with E-state index < -0.39 is 24.5 Å². The van der Waals surface area contributed by atoms with E-state index in [0.717, 1.165) is 5.56 Å². The Bertz CT molecular complexity index is 617. The van der Waals surface area contributed by atoms with Crippen molar-refractivity contribution < 1.29 is 22.1 Å². The molecule has 0 saturated heterocycles. The molecule has 0 aliphatic heterocycles. The van der Waals surface area contributed by atoms with E-state index in [1.54, 1.807) is 12.1 Å². The number of rotatable bonds is 8. The van der Waals surface area contributed by atoms with E-state index in [1.165, 1.54) is 12.1 Å². The quantitative estimate of drug-likeness (QED) is 0.557. The molecule has 7 heteroatoms. The highest BCUT2D eigenvalue weighted by Crippen LogP contribution is 2.36. The van der Waals surface area contributed by atoms with Gasteiger partial charge in [-0.3, -0.25) is 4.18 Å². The van der Waals surface area contributed by atoms with Crippen molar-refractivity contribution in [1.82, 2.24) is 0 Å². The fraction of sp³-hybridized carbons (Fsp3) is 0.647. The zero-order valence-corrected chi connectivity index (χ0v) is 17.3. The Hall–Kier alpha value is -0.733. The lowest BCUT2D eigenvalue weighted by molar-refractivity contribution is 0.0861. The van der Waals surface area contributed by atoms with Crippen LogP contribution in [0.1, 0.15) is 32.8 Å². The molecule has 1 N–H and O–H groups in total. The van der Waals surface area contributed by atoms with Gasteiger partial charge in [0.15, 0.2) is 8.32 Å². The van der Waals surface area contributed by atoms with Gasteiger partial charge in [-0.25, -0.2) is 0 Å². The van der Waals surface area contributed by atoms with Gasteiger partial charge in [0.1, 0.15) is 0 Å². The average molecular weight is 375 g/mol. The van der Waals surface area contributed by atoms with Crippen LogP contribution in [-0.4, -0.2) is 41.2 Å². The highest BCUT2D eigenvalue weighted by atomic mass is 32.2. The van der Waals surface area contributed by atoms with E-state index in [0.29, 0.717) is 13.0 Å². The van der Waals surface area contributed by atoms with Gasteiger partial charge in [0, 0.05) is 6.61 Å². The first-order chi connectivity index (χ1) is 10.8. The van der Waals surface area contributed by atoms with E-state index in [2.05, 4.69) is 33.9 Å². The van der Waals surface area contributed by atoms with Gasteiger partial charge >= 0.3 is 0 Å². The predicted molar refractivity (Wildman–Crippen MR) is 98.1 cm³/mol. The van der Waals surface area contributed by atoms with Crippen molar-refractivity contribution >= 4 is 18.4 Å². The molecule has 0 spiro atoms. The van der Waals surface area contributed by atoms with E-state index >= 15 is 0 Å². The molecule has 5 nitrogen and oxygen atoms in total. The third-order valence-electron chi connectivity index (χ3n) is 4.45. The first-order valence-corrected chi connectivity index (χ1v) is 12.4. The van der Waals surface area contributed by atoms with Gasteiger partial charge in [-0.05, 0) is 43.6 Å². The molecule has 1 rings (SSSR count). The van der Waals surface area contributed by atoms with Gasteiger partial charge < -0.3 is 9.53 Å². The van der Waals surface area contributed by atoms with Crippen LogP contribution in [0.15, 0.2) is 29.2 Å². The minimum atomic E-state index is -3.84. The van der Waals surface area contributed by atoms with Crippen LogP contribution in [0.25, 0.3) is 0 Å². The smallest absolute Gasteiger partial charge is 0.297 e. The van der Waals surface area contributed by atoms with Crippen molar-refractivity contribution in [3.63, 3.8) is 0 Å². The van der Waals surface area contributed by atoms with Crippen LogP contribution in [0.5, 0.6) is 0 Å². The zero-order chi connectivity index (χ0) is 18.6. The van der Waals surface area contributed by atoms with Crippen molar-refractivity contribution in [2.24, 2.45) is 0 Å². The van der Waals surface area contributed by atoms with Crippen molar-refractivity contribution in [1.29, 1.82) is 0 Å². The van der Waals surface area contributed by atoms with E-state index in [1.807, 2.05) is 6.92 Å². The summed E-state index contributed by atoms with van der Waals surface area (Å²) in [6.07, 6.45) is -0.536. The molecule has 138 valence electrons. The first-order valence-electron chi connectivity index (χ1n) is 8.13. The topological polar surface area (TPSA) is 72.8 Å². The highest BCUT2D eigenvalue weighted by molar-refractivity contribution is 7.86. The minimum absolute atomic E-state index is 0.0952. The second-order valence-corrected chi connectivity index (χ2v) is 14.0. The van der Waals surface area contributed by atoms with Gasteiger partial charge in [-0.1, -0.05) is 38.5 Å². The second-order valence-electron chi connectivity index (χ2n) is 7.60. The molecule has 0 aliphatic rings. The molecule has 0 heterocycles. The Labute approximate surface area is 147 Å². The average Bonchev–Trinajstić information content (AvgIpc) is 2.44. The summed E-state index contributed by atoms with van der Waals surface area (Å²) < 4.78 is 35.0. The Balaban J connectivity index is 2.46. The van der Waals surface area contributed by atoms with Crippen LogP contribution in [0, 0.1) is 6.92 Å². The lowest BCUT2D eigenvalue weighted by atomic mass is 10.2. The summed E-state index contributed by atoms with van der Waals surface area (Å²) in [5.74, 6) is 0. The maximum absolute atomic E-state index is 12.1. The lowest BCUT2D eigenvalue weighted by Gasteiger charge is -2.36. The van der Waals surface area contributed by atoms with Gasteiger partial charge in [0.2, 0.25) is 0 Å². The molecule has 0 amide bonds. The van der Waals surface area contributed by atoms with E-state index in [4.69, 9.17) is 8.61 Å². The molecule has 1 unspecified atom stereocenters. The Morgan fingerprint density at radius 2 is 1.71 bits per heavy atom. The summed E-state index contributed by atoms with van der Waals surface area (Å²) in [6, 6.07) is 6.41. The maximum Gasteiger partial charge on any atom is 0.297 e. The first kappa shape index (κ1) is 21.3. The summed E-state index contributed by atoms with van der Waals surface area (Å²) in [7, 11) is -5.70. The summed E-state index contributed by atoms with van der Waals surface area (Å²) in [4.78, 5) is 0.0952. The summed E-state index contributed by atoms with van der Waals surface area (Å²) >= 11 is 0. The number of hydrogen-bond donors (Lipinski definition) is 1. The molecule has 0 saturated carbocycles. The Morgan fingerprint density at radius 1 is 1.17 bits per heavy atom. The number of aliphatic hydroxyl groups excluding tert-OH is 1. The zero-order valence-electron chi connectivity index (χ0n) is 15.5. The molecule has 0 bridgehead atoms. The van der Waals surface area contributed by atoms with Crippen LogP contribution in [0.3, 0.4) is 0 Å². The van der Waals surface area contributed by atoms with Gasteiger partial charge in [-0.15, -0.1) is 0 Å². The number of benzene rings is 1. The van der Waals surface area contributed by atoms with Crippen molar-refractivity contribution in [2.45, 2.75) is 63.2 Å². The standard InChI is InChI=1S/C17H30O5SSi/c1-14-7-9-16(10-8-14)23(19,20)21-13-15(18)11-12-22-24(5,6)17(2,3)4/h7-10,15,18H,11-13H2,1-6H3. The summed E-state index contributed by atoms with van der Waals surface area (Å²) in [5.41, 5.74) is 0.969. The van der Waals surface area contributed by atoms with Crippen LogP contribution in [0.4, 0.5) is 0 Å². The third kappa shape index (κ3) is 6.29. The van der Waals surface area contributed by atoms with Crippen LogP contribution in [0.2, 0.25) is 18.1 Å². The summed E-state index contributed by atoms with van der Waals surface area (Å²) in [5, 5.41) is 10.0. The van der Waals surface area contributed by atoms with Crippen LogP contribution < -0.4 is 0 Å². The fourth-order valence-corrected chi connectivity index (χ4v) is 3.69. The third-order valence-corrected chi connectivity index (χ3v) is 10.3. The second kappa shape index (κ2) is 8.10. The monoisotopic (exact) mass is 374 g/mol. The molecule has 1 aromatic carbocycles. The number of hydrogen-bond acceptors (Lipinski definition) is 5. The minimum Gasteiger partial charge on any atom is -0.417 e. The molecule has 0 aromatic heterocycles. The SMILES string of the molecule is Cc1ccc(S(=O)(=O)OCC(O)CCO[Si](C)(C)C(C)(C)C)cc1. The van der Waals surface area contributed by atoms with Crippen molar-refractivity contribution in [3.05, 3.63) is 29.8 Å². The fourth-order valence-electron chi connectivity index (χ4n) is 1.69. The number of aryl methyl sites for hydroxylation is 1. The number of aliphatic hydroxyl groups is 1. The molecular formula is C17H30O5SSi. The maximum atomic E-state index is 12.1.